The molecule has 10 heteroatoms. The first-order valence-corrected chi connectivity index (χ1v) is 11.2. The van der Waals surface area contributed by atoms with E-state index in [1.54, 1.807) is 12.1 Å². The topological polar surface area (TPSA) is 93.0 Å². The number of halogens is 1. The van der Waals surface area contributed by atoms with Crippen LogP contribution in [0.4, 0.5) is 15.8 Å². The minimum absolute atomic E-state index is 0.0996. The summed E-state index contributed by atoms with van der Waals surface area (Å²) in [6.45, 7) is 1.63. The van der Waals surface area contributed by atoms with Gasteiger partial charge in [0.05, 0.1) is 29.1 Å². The van der Waals surface area contributed by atoms with Crippen LogP contribution < -0.4 is 4.90 Å². The number of anilines is 1. The molecule has 0 bridgehead atoms. The number of nitro groups is 1. The van der Waals surface area contributed by atoms with E-state index in [-0.39, 0.29) is 35.5 Å². The van der Waals surface area contributed by atoms with Gasteiger partial charge < -0.3 is 9.64 Å². The van der Waals surface area contributed by atoms with Gasteiger partial charge in [-0.15, -0.1) is 0 Å². The van der Waals surface area contributed by atoms with Gasteiger partial charge in [0.1, 0.15) is 11.5 Å². The van der Waals surface area contributed by atoms with E-state index in [2.05, 4.69) is 0 Å². The SMILES string of the molecule is O=[N+]([O-])c1cc(S(=O)(=O)N2CCOCC2)ccc1N1CCCC1c1ccc(F)cc1. The van der Waals surface area contributed by atoms with Gasteiger partial charge >= 0.3 is 0 Å². The number of nitrogens with zero attached hydrogens (tertiary/aromatic N) is 3. The van der Waals surface area contributed by atoms with Crippen LogP contribution in [0.2, 0.25) is 0 Å². The Hall–Kier alpha value is -2.56. The second-order valence-electron chi connectivity index (χ2n) is 7.33. The van der Waals surface area contributed by atoms with Crippen molar-refractivity contribution in [1.29, 1.82) is 0 Å². The standard InChI is InChI=1S/C20H22FN3O5S/c21-16-5-3-15(4-6-16)18-2-1-9-23(18)19-8-7-17(14-20(19)24(25)26)30(27,28)22-10-12-29-13-11-22/h3-8,14,18H,1-2,9-13H2. The Labute approximate surface area is 174 Å². The molecule has 0 aromatic heterocycles. The molecule has 0 radical (unpaired) electrons. The van der Waals surface area contributed by atoms with E-state index in [9.17, 15) is 22.9 Å². The monoisotopic (exact) mass is 435 g/mol. The van der Waals surface area contributed by atoms with Crippen molar-refractivity contribution < 1.29 is 22.5 Å². The first kappa shape index (κ1) is 20.7. The summed E-state index contributed by atoms with van der Waals surface area (Å²) in [5.74, 6) is -0.341. The van der Waals surface area contributed by atoms with E-state index in [1.165, 1.54) is 28.6 Å². The van der Waals surface area contributed by atoms with Crippen LogP contribution >= 0.6 is 0 Å². The number of benzene rings is 2. The van der Waals surface area contributed by atoms with Crippen LogP contribution in [0.1, 0.15) is 24.4 Å². The highest BCUT2D eigenvalue weighted by molar-refractivity contribution is 7.89. The van der Waals surface area contributed by atoms with Crippen molar-refractivity contribution in [3.8, 4) is 0 Å². The van der Waals surface area contributed by atoms with E-state index in [4.69, 9.17) is 4.74 Å². The highest BCUT2D eigenvalue weighted by atomic mass is 32.2. The van der Waals surface area contributed by atoms with Crippen molar-refractivity contribution in [2.24, 2.45) is 0 Å². The average molecular weight is 435 g/mol. The van der Waals surface area contributed by atoms with Gasteiger partial charge in [0, 0.05) is 25.7 Å². The van der Waals surface area contributed by atoms with Crippen LogP contribution in [-0.2, 0) is 14.8 Å². The third-order valence-electron chi connectivity index (χ3n) is 5.57. The Kier molecular flexibility index (Phi) is 5.72. The van der Waals surface area contributed by atoms with Gasteiger partial charge in [-0.25, -0.2) is 12.8 Å². The molecule has 8 nitrogen and oxygen atoms in total. The average Bonchev–Trinajstić information content (AvgIpc) is 3.24. The third kappa shape index (κ3) is 3.90. The zero-order valence-corrected chi connectivity index (χ0v) is 17.1. The molecule has 0 N–H and O–H groups in total. The van der Waals surface area contributed by atoms with Crippen LogP contribution in [0.3, 0.4) is 0 Å². The van der Waals surface area contributed by atoms with Gasteiger partial charge in [-0.05, 0) is 42.7 Å². The summed E-state index contributed by atoms with van der Waals surface area (Å²) in [7, 11) is -3.84. The van der Waals surface area contributed by atoms with Gasteiger partial charge in [-0.2, -0.15) is 4.31 Å². The lowest BCUT2D eigenvalue weighted by molar-refractivity contribution is -0.384. The van der Waals surface area contributed by atoms with Crippen LogP contribution in [0.25, 0.3) is 0 Å². The van der Waals surface area contributed by atoms with E-state index in [0.29, 0.717) is 25.4 Å². The summed E-state index contributed by atoms with van der Waals surface area (Å²) < 4.78 is 45.6. The minimum Gasteiger partial charge on any atom is -0.379 e. The summed E-state index contributed by atoms with van der Waals surface area (Å²) in [5.41, 5.74) is 0.985. The number of hydrogen-bond donors (Lipinski definition) is 0. The second kappa shape index (κ2) is 8.29. The Morgan fingerprint density at radius 3 is 2.43 bits per heavy atom. The van der Waals surface area contributed by atoms with Gasteiger partial charge in [0.2, 0.25) is 10.0 Å². The highest BCUT2D eigenvalue weighted by Crippen LogP contribution is 2.41. The summed E-state index contributed by atoms with van der Waals surface area (Å²) in [5, 5.41) is 11.8. The summed E-state index contributed by atoms with van der Waals surface area (Å²) in [4.78, 5) is 13.1. The van der Waals surface area contributed by atoms with Crippen molar-refractivity contribution in [3.05, 3.63) is 64.0 Å². The number of sulfonamides is 1. The number of nitro benzene ring substituents is 1. The largest absolute Gasteiger partial charge is 0.379 e. The van der Waals surface area contributed by atoms with Crippen molar-refractivity contribution in [3.63, 3.8) is 0 Å². The van der Waals surface area contributed by atoms with E-state index in [0.717, 1.165) is 24.5 Å². The highest BCUT2D eigenvalue weighted by Gasteiger charge is 2.33. The molecule has 160 valence electrons. The van der Waals surface area contributed by atoms with Crippen molar-refractivity contribution in [2.75, 3.05) is 37.7 Å². The summed E-state index contributed by atoms with van der Waals surface area (Å²) in [6.07, 6.45) is 1.60. The fourth-order valence-electron chi connectivity index (χ4n) is 4.08. The maximum absolute atomic E-state index is 13.3. The number of ether oxygens (including phenoxy) is 1. The second-order valence-corrected chi connectivity index (χ2v) is 9.26. The molecule has 0 aliphatic carbocycles. The maximum Gasteiger partial charge on any atom is 0.293 e. The molecule has 2 aromatic carbocycles. The number of hydrogen-bond acceptors (Lipinski definition) is 6. The molecular formula is C20H22FN3O5S. The maximum atomic E-state index is 13.3. The first-order chi connectivity index (χ1) is 14.4. The van der Waals surface area contributed by atoms with E-state index < -0.39 is 14.9 Å². The van der Waals surface area contributed by atoms with E-state index in [1.807, 2.05) is 4.90 Å². The van der Waals surface area contributed by atoms with Gasteiger partial charge in [0.15, 0.2) is 0 Å². The molecule has 0 spiro atoms. The third-order valence-corrected chi connectivity index (χ3v) is 7.46. The molecular weight excluding hydrogens is 413 g/mol. The molecule has 2 saturated heterocycles. The van der Waals surface area contributed by atoms with Crippen LogP contribution in [-0.4, -0.2) is 50.5 Å². The first-order valence-electron chi connectivity index (χ1n) is 9.76. The Morgan fingerprint density at radius 2 is 1.77 bits per heavy atom. The molecule has 2 heterocycles. The summed E-state index contributed by atoms with van der Waals surface area (Å²) in [6, 6.07) is 10.0. The molecule has 2 aliphatic rings. The number of morpholine rings is 1. The fourth-order valence-corrected chi connectivity index (χ4v) is 5.50. The van der Waals surface area contributed by atoms with Crippen molar-refractivity contribution in [1.82, 2.24) is 4.31 Å². The molecule has 2 aliphatic heterocycles. The summed E-state index contributed by atoms with van der Waals surface area (Å²) >= 11 is 0. The minimum atomic E-state index is -3.84. The smallest absolute Gasteiger partial charge is 0.293 e. The van der Waals surface area contributed by atoms with Crippen LogP contribution in [0.15, 0.2) is 47.4 Å². The zero-order chi connectivity index (χ0) is 21.3. The van der Waals surface area contributed by atoms with Gasteiger partial charge in [-0.3, -0.25) is 10.1 Å². The lowest BCUT2D eigenvalue weighted by Gasteiger charge is -2.28. The Morgan fingerprint density at radius 1 is 1.07 bits per heavy atom. The molecule has 2 aromatic rings. The predicted molar refractivity (Wildman–Crippen MR) is 108 cm³/mol. The predicted octanol–water partition coefficient (Wildman–Crippen LogP) is 3.10. The molecule has 0 saturated carbocycles. The molecule has 1 unspecified atom stereocenters. The Balaban J connectivity index is 1.70. The normalized spacial score (nSPS) is 20.4. The van der Waals surface area contributed by atoms with Gasteiger partial charge in [-0.1, -0.05) is 12.1 Å². The molecule has 1 atom stereocenters. The quantitative estimate of drug-likeness (QED) is 0.529. The van der Waals surface area contributed by atoms with Crippen LogP contribution in [0.5, 0.6) is 0 Å². The van der Waals surface area contributed by atoms with Crippen molar-refractivity contribution in [2.45, 2.75) is 23.8 Å². The fraction of sp³-hybridized carbons (Fsp3) is 0.400. The lowest BCUT2D eigenvalue weighted by atomic mass is 10.0. The molecule has 30 heavy (non-hydrogen) atoms. The van der Waals surface area contributed by atoms with E-state index >= 15 is 0 Å². The van der Waals surface area contributed by atoms with Gasteiger partial charge in [0.25, 0.3) is 5.69 Å². The van der Waals surface area contributed by atoms with Crippen molar-refractivity contribution >= 4 is 21.4 Å². The zero-order valence-electron chi connectivity index (χ0n) is 16.2. The lowest BCUT2D eigenvalue weighted by Crippen LogP contribution is -2.40. The number of rotatable bonds is 5. The molecule has 0 amide bonds. The molecule has 4 rings (SSSR count). The van der Waals surface area contributed by atoms with Crippen LogP contribution in [0, 0.1) is 15.9 Å². The molecule has 2 fully saturated rings. The Bertz CT molecular complexity index is 1040.